The van der Waals surface area contributed by atoms with Gasteiger partial charge in [0.15, 0.2) is 5.16 Å². The molecule has 2 aliphatic heterocycles. The topological polar surface area (TPSA) is 91.6 Å². The molecule has 1 saturated heterocycles. The maximum atomic E-state index is 13.0. The molecule has 0 bridgehead atoms. The van der Waals surface area contributed by atoms with E-state index in [4.69, 9.17) is 19.4 Å². The number of rotatable bonds is 5. The van der Waals surface area contributed by atoms with Gasteiger partial charge in [0.1, 0.15) is 18.0 Å². The van der Waals surface area contributed by atoms with Crippen LogP contribution >= 0.6 is 11.8 Å². The molecule has 200 valence electrons. The van der Waals surface area contributed by atoms with E-state index in [-0.39, 0.29) is 30.8 Å². The number of piperazine rings is 1. The van der Waals surface area contributed by atoms with E-state index >= 15 is 0 Å². The minimum absolute atomic E-state index is 0.207. The number of amides is 1. The Morgan fingerprint density at radius 2 is 1.87 bits per heavy atom. The fourth-order valence-electron chi connectivity index (χ4n) is 5.98. The van der Waals surface area contributed by atoms with E-state index in [9.17, 15) is 10.1 Å². The molecule has 1 aliphatic carbocycles. The average molecular weight is 542 g/mol. The molecule has 3 aromatic rings. The minimum atomic E-state index is -0.389. The number of aromatic nitrogens is 2. The number of carbonyl (C=O) groups is 1. The van der Waals surface area contributed by atoms with Crippen LogP contribution in [-0.2, 0) is 30.6 Å². The Morgan fingerprint density at radius 1 is 1.13 bits per heavy atom. The van der Waals surface area contributed by atoms with E-state index in [0.717, 1.165) is 42.6 Å². The van der Waals surface area contributed by atoms with Crippen molar-refractivity contribution in [3.8, 4) is 11.9 Å². The van der Waals surface area contributed by atoms with Gasteiger partial charge in [0.25, 0.3) is 0 Å². The van der Waals surface area contributed by atoms with Crippen LogP contribution in [0.3, 0.4) is 0 Å². The molecule has 3 aliphatic rings. The number of anilines is 1. The number of ether oxygens (including phenoxy) is 2. The van der Waals surface area contributed by atoms with E-state index in [1.54, 1.807) is 4.90 Å². The Bertz CT molecular complexity index is 1380. The van der Waals surface area contributed by atoms with Gasteiger partial charge in [0, 0.05) is 32.5 Å². The first-order valence-electron chi connectivity index (χ1n) is 13.4. The van der Waals surface area contributed by atoms with Crippen molar-refractivity contribution in [3.63, 3.8) is 0 Å². The summed E-state index contributed by atoms with van der Waals surface area (Å²) in [6, 6.07) is 20.2. The number of nitriles is 1. The lowest BCUT2D eigenvalue weighted by Crippen LogP contribution is -2.55. The minimum Gasteiger partial charge on any atom is -0.470 e. The molecule has 0 N–H and O–H groups in total. The largest absolute Gasteiger partial charge is 0.470 e. The number of fused-ring (bicyclic) bond motifs is 2. The Kier molecular flexibility index (Phi) is 7.05. The van der Waals surface area contributed by atoms with E-state index < -0.39 is 0 Å². The van der Waals surface area contributed by atoms with Gasteiger partial charge in [-0.25, -0.2) is 9.78 Å². The van der Waals surface area contributed by atoms with Gasteiger partial charge in [-0.3, -0.25) is 0 Å². The van der Waals surface area contributed by atoms with E-state index in [1.807, 2.05) is 36.6 Å². The predicted molar refractivity (Wildman–Crippen MR) is 149 cm³/mol. The van der Waals surface area contributed by atoms with Crippen molar-refractivity contribution in [2.45, 2.75) is 55.5 Å². The maximum absolute atomic E-state index is 13.0. The summed E-state index contributed by atoms with van der Waals surface area (Å²) in [5.41, 5.74) is 4.40. The third kappa shape index (κ3) is 5.13. The smallest absolute Gasteiger partial charge is 0.410 e. The lowest BCUT2D eigenvalue weighted by atomic mass is 9.89. The zero-order valence-electron chi connectivity index (χ0n) is 22.0. The molecule has 2 aromatic carbocycles. The Hall–Kier alpha value is -3.77. The van der Waals surface area contributed by atoms with E-state index in [0.29, 0.717) is 30.7 Å². The van der Waals surface area contributed by atoms with Crippen LogP contribution in [0.2, 0.25) is 0 Å². The number of thioether (sulfide) groups is 1. The highest BCUT2D eigenvalue weighted by molar-refractivity contribution is 7.98. The second kappa shape index (κ2) is 10.8. The van der Waals surface area contributed by atoms with Gasteiger partial charge < -0.3 is 19.3 Å². The summed E-state index contributed by atoms with van der Waals surface area (Å²) in [5, 5.41) is 10.2. The van der Waals surface area contributed by atoms with Crippen molar-refractivity contribution in [3.05, 3.63) is 76.9 Å². The summed E-state index contributed by atoms with van der Waals surface area (Å²) in [6.45, 7) is 1.75. The zero-order valence-corrected chi connectivity index (χ0v) is 22.8. The van der Waals surface area contributed by atoms with Gasteiger partial charge in [0.05, 0.1) is 24.1 Å². The summed E-state index contributed by atoms with van der Waals surface area (Å²) in [6.07, 6.45) is 5.31. The fraction of sp³-hybridized carbons (Fsp3) is 0.400. The Morgan fingerprint density at radius 3 is 2.59 bits per heavy atom. The van der Waals surface area contributed by atoms with Gasteiger partial charge in [-0.1, -0.05) is 66.4 Å². The monoisotopic (exact) mass is 541 g/mol. The molecule has 1 atom stereocenters. The van der Waals surface area contributed by atoms with Crippen molar-refractivity contribution in [2.75, 3.05) is 30.8 Å². The first-order chi connectivity index (χ1) is 19.1. The summed E-state index contributed by atoms with van der Waals surface area (Å²) >= 11 is 1.49. The number of nitrogens with zero attached hydrogens (tertiary/aromatic N) is 5. The molecule has 1 amide bonds. The van der Waals surface area contributed by atoms with Gasteiger partial charge >= 0.3 is 6.09 Å². The van der Waals surface area contributed by atoms with Gasteiger partial charge in [-0.2, -0.15) is 10.2 Å². The molecule has 3 heterocycles. The molecule has 39 heavy (non-hydrogen) atoms. The van der Waals surface area contributed by atoms with Crippen LogP contribution in [0.25, 0.3) is 0 Å². The number of hydrogen-bond acceptors (Lipinski definition) is 8. The molecule has 1 spiro atoms. The molecule has 1 fully saturated rings. The lowest BCUT2D eigenvalue weighted by Gasteiger charge is -2.42. The number of benzene rings is 2. The van der Waals surface area contributed by atoms with Gasteiger partial charge in [0.2, 0.25) is 5.88 Å². The molecule has 8 nitrogen and oxygen atoms in total. The highest BCUT2D eigenvalue weighted by Gasteiger charge is 2.44. The average Bonchev–Trinajstić information content (AvgIpc) is 3.33. The normalized spacial score (nSPS) is 19.1. The number of hydrogen-bond donors (Lipinski definition) is 0. The van der Waals surface area contributed by atoms with Crippen LogP contribution in [-0.4, -0.2) is 58.5 Å². The molecular weight excluding hydrogens is 510 g/mol. The van der Waals surface area contributed by atoms with Gasteiger partial charge in [-0.15, -0.1) is 0 Å². The van der Waals surface area contributed by atoms with Crippen molar-refractivity contribution < 1.29 is 14.3 Å². The molecule has 1 aromatic heterocycles. The first-order valence-corrected chi connectivity index (χ1v) is 14.6. The summed E-state index contributed by atoms with van der Waals surface area (Å²) in [4.78, 5) is 26.6. The van der Waals surface area contributed by atoms with Crippen LogP contribution in [0.15, 0.2) is 59.8 Å². The highest BCUT2D eigenvalue weighted by Crippen LogP contribution is 2.44. The maximum Gasteiger partial charge on any atom is 0.410 e. The molecule has 0 radical (unpaired) electrons. The van der Waals surface area contributed by atoms with Crippen LogP contribution in [0, 0.1) is 11.3 Å². The zero-order chi connectivity index (χ0) is 26.8. The van der Waals surface area contributed by atoms with E-state index in [2.05, 4.69) is 35.2 Å². The molecule has 6 rings (SSSR count). The van der Waals surface area contributed by atoms with Crippen molar-refractivity contribution >= 4 is 23.7 Å². The van der Waals surface area contributed by atoms with Crippen LogP contribution < -0.4 is 9.64 Å². The molecule has 0 unspecified atom stereocenters. The third-order valence-electron chi connectivity index (χ3n) is 7.95. The summed E-state index contributed by atoms with van der Waals surface area (Å²) < 4.78 is 12.3. The van der Waals surface area contributed by atoms with Crippen molar-refractivity contribution in [1.29, 1.82) is 5.26 Å². The lowest BCUT2D eigenvalue weighted by molar-refractivity contribution is 0.0497. The van der Waals surface area contributed by atoms with Crippen molar-refractivity contribution in [1.82, 2.24) is 14.9 Å². The molecule has 9 heteroatoms. The van der Waals surface area contributed by atoms with Crippen LogP contribution in [0.1, 0.15) is 35.1 Å². The van der Waals surface area contributed by atoms with Gasteiger partial charge in [-0.05, 0) is 35.8 Å². The summed E-state index contributed by atoms with van der Waals surface area (Å²) in [5.74, 6) is 1.53. The number of carbonyl (C=O) groups excluding carboxylic acids is 1. The Labute approximate surface area is 233 Å². The SMILES string of the molecule is CSc1nc2c(c(N3CCN(C(=O)OCc4ccccc4)[C@@H](CC#N)C3)n1)CCC1(Cc3ccccc3C1)O2. The second-order valence-electron chi connectivity index (χ2n) is 10.4. The molecular formula is C30H31N5O3S. The quantitative estimate of drug-likeness (QED) is 0.336. The first kappa shape index (κ1) is 25.5. The molecule has 0 saturated carbocycles. The highest BCUT2D eigenvalue weighted by atomic mass is 32.2. The Balaban J connectivity index is 1.21. The van der Waals surface area contributed by atoms with Crippen molar-refractivity contribution in [2.24, 2.45) is 0 Å². The second-order valence-corrected chi connectivity index (χ2v) is 11.2. The van der Waals surface area contributed by atoms with Crippen LogP contribution in [0.4, 0.5) is 10.6 Å². The summed E-state index contributed by atoms with van der Waals surface area (Å²) in [7, 11) is 0. The predicted octanol–water partition coefficient (Wildman–Crippen LogP) is 4.80. The van der Waals surface area contributed by atoms with Crippen LogP contribution in [0.5, 0.6) is 5.88 Å². The standard InChI is InChI=1S/C30H31N5O3S/c1-39-28-32-26(25-11-13-30(38-27(25)33-28)17-22-9-5-6-10-23(22)18-30)34-15-16-35(24(19-34)12-14-31)29(36)37-20-21-7-3-2-4-8-21/h2-10,24H,11-13,15-20H2,1H3/t24-/m0/s1. The van der Waals surface area contributed by atoms with E-state index in [1.165, 1.54) is 22.9 Å². The fourth-order valence-corrected chi connectivity index (χ4v) is 6.33. The third-order valence-corrected chi connectivity index (χ3v) is 8.49.